The van der Waals surface area contributed by atoms with Gasteiger partial charge in [0.15, 0.2) is 0 Å². The van der Waals surface area contributed by atoms with Crippen LogP contribution in [0.25, 0.3) is 0 Å². The molecule has 0 radical (unpaired) electrons. The normalized spacial score (nSPS) is 14.6. The summed E-state index contributed by atoms with van der Waals surface area (Å²) in [7, 11) is 0. The minimum Gasteiger partial charge on any atom is -0.381 e. The van der Waals surface area contributed by atoms with Crippen molar-refractivity contribution in [3.8, 4) is 0 Å². The molecule has 0 aliphatic heterocycles. The highest BCUT2D eigenvalue weighted by Gasteiger charge is 2.41. The van der Waals surface area contributed by atoms with Gasteiger partial charge in [0.1, 0.15) is 48.2 Å². The van der Waals surface area contributed by atoms with E-state index in [1.165, 1.54) is 40.7 Å². The highest BCUT2D eigenvalue weighted by Crippen LogP contribution is 2.36. The maximum atomic E-state index is 14.6. The number of hydrogen-bond acceptors (Lipinski definition) is 7. The molecule has 0 aliphatic rings. The summed E-state index contributed by atoms with van der Waals surface area (Å²) in [5, 5.41) is 27.7. The van der Waals surface area contributed by atoms with E-state index in [4.69, 9.17) is 0 Å². The van der Waals surface area contributed by atoms with Crippen LogP contribution in [0.4, 0.5) is 8.78 Å². The van der Waals surface area contributed by atoms with Gasteiger partial charge in [-0.05, 0) is 13.0 Å². The molecule has 12 heteroatoms. The fraction of sp³-hybridized carbons (Fsp3) is 0.294. The average molecular weight is 401 g/mol. The molecule has 0 amide bonds. The van der Waals surface area contributed by atoms with Crippen molar-refractivity contribution in [2.24, 2.45) is 0 Å². The zero-order chi connectivity index (χ0) is 20.4. The van der Waals surface area contributed by atoms with E-state index in [0.717, 1.165) is 12.1 Å². The molecule has 0 bridgehead atoms. The third kappa shape index (κ3) is 3.74. The molecule has 0 saturated carbocycles. The van der Waals surface area contributed by atoms with Gasteiger partial charge in [-0.2, -0.15) is 10.2 Å². The van der Waals surface area contributed by atoms with E-state index in [1.54, 1.807) is 17.8 Å². The van der Waals surface area contributed by atoms with E-state index in [2.05, 4.69) is 30.5 Å². The molecule has 1 aromatic carbocycles. The van der Waals surface area contributed by atoms with Gasteiger partial charge in [0.25, 0.3) is 0 Å². The Hall–Kier alpha value is -3.54. The molecule has 1 N–H and O–H groups in total. The van der Waals surface area contributed by atoms with Crippen molar-refractivity contribution in [3.63, 3.8) is 0 Å². The first-order chi connectivity index (χ1) is 14.0. The second kappa shape index (κ2) is 7.47. The molecule has 0 unspecified atom stereocenters. The maximum absolute atomic E-state index is 14.6. The Balaban J connectivity index is 1.69. The lowest BCUT2D eigenvalue weighted by Gasteiger charge is -2.34. The molecule has 0 saturated heterocycles. The number of aliphatic hydroxyl groups is 1. The molecule has 2 atom stereocenters. The zero-order valence-electron chi connectivity index (χ0n) is 15.3. The topological polar surface area (TPSA) is 112 Å². The van der Waals surface area contributed by atoms with Crippen LogP contribution in [-0.4, -0.2) is 49.6 Å². The van der Waals surface area contributed by atoms with Gasteiger partial charge in [0.05, 0.1) is 25.3 Å². The monoisotopic (exact) mass is 401 g/mol. The fourth-order valence-electron chi connectivity index (χ4n) is 3.12. The molecule has 0 aliphatic carbocycles. The lowest BCUT2D eigenvalue weighted by molar-refractivity contribution is -0.0374. The smallest absolute Gasteiger partial charge is 0.137 e. The summed E-state index contributed by atoms with van der Waals surface area (Å²) in [6.07, 6.45) is 7.27. The Morgan fingerprint density at radius 3 is 2.48 bits per heavy atom. The van der Waals surface area contributed by atoms with Gasteiger partial charge in [-0.25, -0.2) is 32.8 Å². The van der Waals surface area contributed by atoms with Crippen LogP contribution in [0.1, 0.15) is 24.2 Å². The van der Waals surface area contributed by atoms with Crippen molar-refractivity contribution in [1.29, 1.82) is 0 Å². The third-order valence-corrected chi connectivity index (χ3v) is 4.70. The molecular formula is C17H17F2N9O. The number of rotatable bonds is 7. The van der Waals surface area contributed by atoms with Crippen LogP contribution in [0.3, 0.4) is 0 Å². The van der Waals surface area contributed by atoms with Crippen LogP contribution in [0.2, 0.25) is 0 Å². The van der Waals surface area contributed by atoms with Gasteiger partial charge >= 0.3 is 0 Å². The van der Waals surface area contributed by atoms with Crippen LogP contribution in [0, 0.1) is 11.6 Å². The van der Waals surface area contributed by atoms with E-state index >= 15 is 0 Å². The van der Waals surface area contributed by atoms with Crippen molar-refractivity contribution >= 4 is 0 Å². The number of halogens is 2. The fourth-order valence-corrected chi connectivity index (χ4v) is 3.12. The van der Waals surface area contributed by atoms with Crippen molar-refractivity contribution in [2.75, 3.05) is 0 Å². The molecule has 4 rings (SSSR count). The predicted molar refractivity (Wildman–Crippen MR) is 94.1 cm³/mol. The van der Waals surface area contributed by atoms with E-state index < -0.39 is 23.3 Å². The standard InChI is InChI=1S/C17H17F2N9O/c1-12(28-6-14(24-25-28)5-26-10-20-8-22-26)17(29,7-27-11-21-9-23-27)15-3-2-13(18)4-16(15)19/h2-4,6,8-12,29H,5,7H2,1H3/t12-,17-/m1/s1. The number of aromatic nitrogens is 9. The highest BCUT2D eigenvalue weighted by atomic mass is 19.1. The molecule has 3 heterocycles. The molecule has 29 heavy (non-hydrogen) atoms. The second-order valence-electron chi connectivity index (χ2n) is 6.60. The van der Waals surface area contributed by atoms with Gasteiger partial charge in [-0.3, -0.25) is 0 Å². The summed E-state index contributed by atoms with van der Waals surface area (Å²) in [4.78, 5) is 7.72. The van der Waals surface area contributed by atoms with Gasteiger partial charge in [0, 0.05) is 11.6 Å². The number of hydrogen-bond donors (Lipinski definition) is 1. The highest BCUT2D eigenvalue weighted by molar-refractivity contribution is 5.26. The molecule has 0 spiro atoms. The largest absolute Gasteiger partial charge is 0.381 e. The van der Waals surface area contributed by atoms with E-state index in [0.29, 0.717) is 12.2 Å². The lowest BCUT2D eigenvalue weighted by Crippen LogP contribution is -2.41. The average Bonchev–Trinajstić information content (AvgIpc) is 3.44. The van der Waals surface area contributed by atoms with Crippen molar-refractivity contribution in [3.05, 3.63) is 72.6 Å². The summed E-state index contributed by atoms with van der Waals surface area (Å²) < 4.78 is 32.4. The van der Waals surface area contributed by atoms with Gasteiger partial charge in [0.2, 0.25) is 0 Å². The lowest BCUT2D eigenvalue weighted by atomic mass is 9.86. The molecule has 0 fully saturated rings. The molecule has 4 aromatic rings. The Bertz CT molecular complexity index is 1080. The van der Waals surface area contributed by atoms with Gasteiger partial charge in [-0.1, -0.05) is 11.3 Å². The zero-order valence-corrected chi connectivity index (χ0v) is 15.3. The maximum Gasteiger partial charge on any atom is 0.137 e. The van der Waals surface area contributed by atoms with Gasteiger partial charge in [-0.15, -0.1) is 5.10 Å². The summed E-state index contributed by atoms with van der Waals surface area (Å²) in [6.45, 7) is 1.86. The van der Waals surface area contributed by atoms with E-state index in [1.807, 2.05) is 0 Å². The van der Waals surface area contributed by atoms with Crippen LogP contribution in [0.15, 0.2) is 49.7 Å². The SMILES string of the molecule is C[C@@H](n1cc(Cn2cncn2)nn1)[C@](O)(Cn1cncn1)c1ccc(F)cc1F. The Kier molecular flexibility index (Phi) is 4.84. The van der Waals surface area contributed by atoms with E-state index in [9.17, 15) is 13.9 Å². The Morgan fingerprint density at radius 2 is 1.83 bits per heavy atom. The predicted octanol–water partition coefficient (Wildman–Crippen LogP) is 0.937. The summed E-state index contributed by atoms with van der Waals surface area (Å²) in [5.74, 6) is -1.61. The molecule has 10 nitrogen and oxygen atoms in total. The minimum atomic E-state index is -1.82. The van der Waals surface area contributed by atoms with Crippen molar-refractivity contribution in [1.82, 2.24) is 44.5 Å². The first-order valence-electron chi connectivity index (χ1n) is 8.69. The van der Waals surface area contributed by atoms with Crippen LogP contribution >= 0.6 is 0 Å². The van der Waals surface area contributed by atoms with E-state index in [-0.39, 0.29) is 12.1 Å². The quantitative estimate of drug-likeness (QED) is 0.490. The molecule has 3 aromatic heterocycles. The first kappa shape index (κ1) is 18.8. The Labute approximate surface area is 163 Å². The molecule has 150 valence electrons. The first-order valence-corrected chi connectivity index (χ1v) is 8.69. The molecular weight excluding hydrogens is 384 g/mol. The number of nitrogens with zero attached hydrogens (tertiary/aromatic N) is 9. The Morgan fingerprint density at radius 1 is 1.10 bits per heavy atom. The van der Waals surface area contributed by atoms with Crippen LogP contribution < -0.4 is 0 Å². The summed E-state index contributed by atoms with van der Waals surface area (Å²) in [5.41, 5.74) is -1.33. The third-order valence-electron chi connectivity index (χ3n) is 4.70. The van der Waals surface area contributed by atoms with Crippen molar-refractivity contribution in [2.45, 2.75) is 31.7 Å². The second-order valence-corrected chi connectivity index (χ2v) is 6.60. The van der Waals surface area contributed by atoms with Crippen LogP contribution in [0.5, 0.6) is 0 Å². The van der Waals surface area contributed by atoms with Crippen molar-refractivity contribution < 1.29 is 13.9 Å². The summed E-state index contributed by atoms with van der Waals surface area (Å²) in [6, 6.07) is 2.26. The van der Waals surface area contributed by atoms with Crippen LogP contribution in [-0.2, 0) is 18.7 Å². The minimum absolute atomic E-state index is 0.0878. The summed E-state index contributed by atoms with van der Waals surface area (Å²) >= 11 is 0. The van der Waals surface area contributed by atoms with Gasteiger partial charge < -0.3 is 5.11 Å². The number of benzene rings is 1.